The SMILES string of the molecule is COc1ccc(-c2csc(NC(=O)[C@H]3Cc4cc(Cl)ccc4O3)n2)cc1OC. The number of fused-ring (bicyclic) bond motifs is 1. The van der Waals surface area contributed by atoms with Crippen LogP contribution in [0.2, 0.25) is 5.02 Å². The second-order valence-corrected chi connectivity index (χ2v) is 7.45. The van der Waals surface area contributed by atoms with Crippen molar-refractivity contribution in [1.29, 1.82) is 0 Å². The minimum absolute atomic E-state index is 0.236. The van der Waals surface area contributed by atoms with Gasteiger partial charge < -0.3 is 14.2 Å². The van der Waals surface area contributed by atoms with E-state index in [0.717, 1.165) is 16.8 Å². The zero-order valence-electron chi connectivity index (χ0n) is 15.2. The monoisotopic (exact) mass is 416 g/mol. The minimum Gasteiger partial charge on any atom is -0.493 e. The van der Waals surface area contributed by atoms with E-state index in [2.05, 4.69) is 10.3 Å². The molecule has 28 heavy (non-hydrogen) atoms. The molecule has 0 fully saturated rings. The molecule has 0 radical (unpaired) electrons. The molecule has 0 unspecified atom stereocenters. The highest BCUT2D eigenvalue weighted by atomic mass is 35.5. The molecule has 1 aliphatic heterocycles. The van der Waals surface area contributed by atoms with Crippen molar-refractivity contribution in [2.24, 2.45) is 0 Å². The molecule has 0 saturated carbocycles. The van der Waals surface area contributed by atoms with Crippen molar-refractivity contribution < 1.29 is 19.0 Å². The quantitative estimate of drug-likeness (QED) is 0.666. The Morgan fingerprint density at radius 1 is 1.21 bits per heavy atom. The highest BCUT2D eigenvalue weighted by molar-refractivity contribution is 7.14. The van der Waals surface area contributed by atoms with Gasteiger partial charge in [0.1, 0.15) is 5.75 Å². The number of carbonyl (C=O) groups is 1. The van der Waals surface area contributed by atoms with Crippen LogP contribution in [0.1, 0.15) is 5.56 Å². The topological polar surface area (TPSA) is 69.7 Å². The molecule has 2 heterocycles. The van der Waals surface area contributed by atoms with Crippen LogP contribution in [-0.4, -0.2) is 31.2 Å². The molecular weight excluding hydrogens is 400 g/mol. The number of nitrogens with one attached hydrogen (secondary N) is 1. The van der Waals surface area contributed by atoms with E-state index in [9.17, 15) is 4.79 Å². The summed E-state index contributed by atoms with van der Waals surface area (Å²) in [5, 5.41) is 5.84. The summed E-state index contributed by atoms with van der Waals surface area (Å²) in [5.41, 5.74) is 2.54. The zero-order chi connectivity index (χ0) is 19.7. The van der Waals surface area contributed by atoms with Crippen molar-refractivity contribution in [2.45, 2.75) is 12.5 Å². The second kappa shape index (κ2) is 7.69. The number of ether oxygens (including phenoxy) is 3. The van der Waals surface area contributed by atoms with Crippen molar-refractivity contribution >= 4 is 34.0 Å². The van der Waals surface area contributed by atoms with E-state index >= 15 is 0 Å². The van der Waals surface area contributed by atoms with Crippen molar-refractivity contribution in [2.75, 3.05) is 19.5 Å². The van der Waals surface area contributed by atoms with E-state index in [4.69, 9.17) is 25.8 Å². The molecule has 2 aromatic carbocycles. The Bertz CT molecular complexity index is 1040. The molecule has 1 amide bonds. The summed E-state index contributed by atoms with van der Waals surface area (Å²) in [6.45, 7) is 0. The van der Waals surface area contributed by atoms with E-state index in [1.54, 1.807) is 26.4 Å². The van der Waals surface area contributed by atoms with Crippen LogP contribution in [0.4, 0.5) is 5.13 Å². The van der Waals surface area contributed by atoms with E-state index < -0.39 is 6.10 Å². The van der Waals surface area contributed by atoms with Gasteiger partial charge >= 0.3 is 0 Å². The van der Waals surface area contributed by atoms with Crippen LogP contribution < -0.4 is 19.5 Å². The Hall–Kier alpha value is -2.77. The minimum atomic E-state index is -0.595. The maximum Gasteiger partial charge on any atom is 0.267 e. The highest BCUT2D eigenvalue weighted by Gasteiger charge is 2.29. The summed E-state index contributed by atoms with van der Waals surface area (Å²) in [7, 11) is 3.17. The number of halogens is 1. The summed E-state index contributed by atoms with van der Waals surface area (Å²) < 4.78 is 16.3. The Morgan fingerprint density at radius 2 is 2.04 bits per heavy atom. The molecule has 3 aromatic rings. The normalized spacial score (nSPS) is 14.9. The van der Waals surface area contributed by atoms with Gasteiger partial charge in [0.2, 0.25) is 0 Å². The Balaban J connectivity index is 1.46. The molecule has 0 spiro atoms. The van der Waals surface area contributed by atoms with Gasteiger partial charge in [-0.15, -0.1) is 11.3 Å². The van der Waals surface area contributed by atoms with E-state index in [-0.39, 0.29) is 5.91 Å². The number of hydrogen-bond donors (Lipinski definition) is 1. The highest BCUT2D eigenvalue weighted by Crippen LogP contribution is 2.34. The van der Waals surface area contributed by atoms with Gasteiger partial charge in [0.15, 0.2) is 22.7 Å². The van der Waals surface area contributed by atoms with Gasteiger partial charge in [0, 0.05) is 22.4 Å². The standard InChI is InChI=1S/C20H17ClN2O4S/c1-25-16-5-3-11(8-17(16)26-2)14-10-28-20(22-14)23-19(24)18-9-12-7-13(21)4-6-15(12)27-18/h3-8,10,18H,9H2,1-2H3,(H,22,23,24)/t18-/m1/s1. The van der Waals surface area contributed by atoms with Crippen LogP contribution in [0, 0.1) is 0 Å². The first kappa shape index (κ1) is 18.6. The number of anilines is 1. The van der Waals surface area contributed by atoms with E-state index in [1.165, 1.54) is 11.3 Å². The molecular formula is C20H17ClN2O4S. The molecule has 4 rings (SSSR count). The summed E-state index contributed by atoms with van der Waals surface area (Å²) in [6, 6.07) is 10.9. The number of rotatable bonds is 5. The number of carbonyl (C=O) groups excluding carboxylic acids is 1. The number of benzene rings is 2. The molecule has 1 N–H and O–H groups in total. The van der Waals surface area contributed by atoms with Crippen LogP contribution in [0.5, 0.6) is 17.2 Å². The smallest absolute Gasteiger partial charge is 0.267 e. The number of aromatic nitrogens is 1. The zero-order valence-corrected chi connectivity index (χ0v) is 16.8. The van der Waals surface area contributed by atoms with Gasteiger partial charge in [0.25, 0.3) is 5.91 Å². The van der Waals surface area contributed by atoms with Crippen LogP contribution >= 0.6 is 22.9 Å². The fourth-order valence-electron chi connectivity index (χ4n) is 3.01. The summed E-state index contributed by atoms with van der Waals surface area (Å²) in [5.74, 6) is 1.72. The second-order valence-electron chi connectivity index (χ2n) is 6.16. The predicted molar refractivity (Wildman–Crippen MR) is 109 cm³/mol. The Morgan fingerprint density at radius 3 is 2.82 bits per heavy atom. The van der Waals surface area contributed by atoms with Gasteiger partial charge in [-0.3, -0.25) is 10.1 Å². The van der Waals surface area contributed by atoms with Crippen LogP contribution in [-0.2, 0) is 11.2 Å². The summed E-state index contributed by atoms with van der Waals surface area (Å²) in [4.78, 5) is 17.1. The molecule has 1 atom stereocenters. The van der Waals surface area contributed by atoms with E-state index in [1.807, 2.05) is 29.6 Å². The third kappa shape index (κ3) is 3.63. The Labute approximate surface area is 171 Å². The van der Waals surface area contributed by atoms with Gasteiger partial charge in [0.05, 0.1) is 19.9 Å². The largest absolute Gasteiger partial charge is 0.493 e. The molecule has 1 aromatic heterocycles. The van der Waals surface area contributed by atoms with E-state index in [0.29, 0.717) is 33.8 Å². The van der Waals surface area contributed by atoms with Gasteiger partial charge in [-0.1, -0.05) is 11.6 Å². The van der Waals surface area contributed by atoms with Crippen molar-refractivity contribution in [3.8, 4) is 28.5 Å². The molecule has 144 valence electrons. The van der Waals surface area contributed by atoms with Crippen molar-refractivity contribution in [1.82, 2.24) is 4.98 Å². The number of nitrogens with zero attached hydrogens (tertiary/aromatic N) is 1. The van der Waals surface area contributed by atoms with Gasteiger partial charge in [-0.2, -0.15) is 0 Å². The average Bonchev–Trinajstić information content (AvgIpc) is 3.34. The number of thiazole rings is 1. The molecule has 8 heteroatoms. The average molecular weight is 417 g/mol. The molecule has 0 saturated heterocycles. The van der Waals surface area contributed by atoms with Gasteiger partial charge in [-0.05, 0) is 42.0 Å². The number of methoxy groups -OCH3 is 2. The predicted octanol–water partition coefficient (Wildman–Crippen LogP) is 4.42. The number of hydrogen-bond acceptors (Lipinski definition) is 6. The maximum absolute atomic E-state index is 12.6. The number of amides is 1. The van der Waals surface area contributed by atoms with Crippen molar-refractivity contribution in [3.05, 3.63) is 52.4 Å². The third-order valence-electron chi connectivity index (χ3n) is 4.40. The fraction of sp³-hybridized carbons (Fsp3) is 0.200. The van der Waals surface area contributed by atoms with Crippen LogP contribution in [0.25, 0.3) is 11.3 Å². The lowest BCUT2D eigenvalue weighted by molar-refractivity contribution is -0.122. The van der Waals surface area contributed by atoms with Crippen LogP contribution in [0.3, 0.4) is 0 Å². The Kier molecular flexibility index (Phi) is 5.11. The summed E-state index contributed by atoms with van der Waals surface area (Å²) >= 11 is 7.35. The summed E-state index contributed by atoms with van der Waals surface area (Å²) in [6.07, 6.45) is -0.114. The first-order chi connectivity index (χ1) is 13.6. The molecule has 0 aliphatic carbocycles. The maximum atomic E-state index is 12.6. The third-order valence-corrected chi connectivity index (χ3v) is 5.40. The first-order valence-electron chi connectivity index (χ1n) is 8.51. The molecule has 1 aliphatic rings. The van der Waals surface area contributed by atoms with Gasteiger partial charge in [-0.25, -0.2) is 4.98 Å². The lowest BCUT2D eigenvalue weighted by atomic mass is 10.1. The lowest BCUT2D eigenvalue weighted by Crippen LogP contribution is -2.31. The fourth-order valence-corrected chi connectivity index (χ4v) is 3.93. The van der Waals surface area contributed by atoms with Crippen LogP contribution in [0.15, 0.2) is 41.8 Å². The first-order valence-corrected chi connectivity index (χ1v) is 9.77. The molecule has 0 bridgehead atoms. The molecule has 6 nitrogen and oxygen atoms in total. The van der Waals surface area contributed by atoms with Crippen molar-refractivity contribution in [3.63, 3.8) is 0 Å². The lowest BCUT2D eigenvalue weighted by Gasteiger charge is -2.09.